The second-order valence-corrected chi connectivity index (χ2v) is 4.62. The first kappa shape index (κ1) is 13.4. The molecule has 3 nitrogen and oxygen atoms in total. The summed E-state index contributed by atoms with van der Waals surface area (Å²) in [4.78, 5) is 12.1. The molecule has 2 aromatic rings. The molecule has 19 heavy (non-hydrogen) atoms. The molecule has 0 saturated carbocycles. The van der Waals surface area contributed by atoms with Crippen LogP contribution in [0.2, 0.25) is 5.02 Å². The molecule has 0 atom stereocenters. The van der Waals surface area contributed by atoms with Crippen molar-refractivity contribution in [3.8, 4) is 0 Å². The van der Waals surface area contributed by atoms with Crippen LogP contribution in [0.5, 0.6) is 0 Å². The van der Waals surface area contributed by atoms with E-state index in [2.05, 4.69) is 12.2 Å². The number of rotatable bonds is 3. The van der Waals surface area contributed by atoms with E-state index in [1.54, 1.807) is 18.2 Å². The Morgan fingerprint density at radius 3 is 2.47 bits per heavy atom. The van der Waals surface area contributed by atoms with Gasteiger partial charge in [0.25, 0.3) is 5.91 Å². The summed E-state index contributed by atoms with van der Waals surface area (Å²) < 4.78 is 0. The number of carbonyl (C=O) groups is 1. The van der Waals surface area contributed by atoms with E-state index in [1.807, 2.05) is 24.3 Å². The Labute approximate surface area is 117 Å². The maximum absolute atomic E-state index is 12.1. The molecule has 0 heterocycles. The van der Waals surface area contributed by atoms with Gasteiger partial charge in [-0.25, -0.2) is 0 Å². The molecule has 2 aromatic carbocycles. The minimum Gasteiger partial charge on any atom is -0.398 e. The number of nitrogen functional groups attached to an aromatic ring is 1. The van der Waals surface area contributed by atoms with Crippen LogP contribution in [-0.2, 0) is 6.42 Å². The van der Waals surface area contributed by atoms with E-state index in [0.29, 0.717) is 16.3 Å². The fourth-order valence-electron chi connectivity index (χ4n) is 1.80. The predicted octanol–water partition coefficient (Wildman–Crippen LogP) is 3.74. The highest BCUT2D eigenvalue weighted by Crippen LogP contribution is 2.23. The van der Waals surface area contributed by atoms with E-state index in [4.69, 9.17) is 17.3 Å². The summed E-state index contributed by atoms with van der Waals surface area (Å²) in [6.07, 6.45) is 0.964. The third kappa shape index (κ3) is 3.06. The Kier molecular flexibility index (Phi) is 4.07. The van der Waals surface area contributed by atoms with E-state index in [1.165, 1.54) is 5.56 Å². The molecule has 0 aliphatic carbocycles. The zero-order chi connectivity index (χ0) is 13.8. The molecule has 0 unspecified atom stereocenters. The van der Waals surface area contributed by atoms with Gasteiger partial charge in [-0.15, -0.1) is 0 Å². The molecular formula is C15H15ClN2O. The van der Waals surface area contributed by atoms with Crippen LogP contribution >= 0.6 is 11.6 Å². The van der Waals surface area contributed by atoms with Gasteiger partial charge in [0.05, 0.1) is 10.6 Å². The van der Waals surface area contributed by atoms with Gasteiger partial charge in [0.1, 0.15) is 0 Å². The molecule has 98 valence electrons. The summed E-state index contributed by atoms with van der Waals surface area (Å²) in [5.41, 5.74) is 8.40. The Morgan fingerprint density at radius 1 is 1.21 bits per heavy atom. The summed E-state index contributed by atoms with van der Waals surface area (Å²) in [6, 6.07) is 12.7. The van der Waals surface area contributed by atoms with Gasteiger partial charge in [-0.2, -0.15) is 0 Å². The number of hydrogen-bond donors (Lipinski definition) is 2. The normalized spacial score (nSPS) is 10.2. The van der Waals surface area contributed by atoms with Crippen LogP contribution in [-0.4, -0.2) is 5.91 Å². The zero-order valence-electron chi connectivity index (χ0n) is 10.6. The molecule has 0 radical (unpaired) electrons. The molecule has 0 aliphatic rings. The van der Waals surface area contributed by atoms with Crippen molar-refractivity contribution in [1.29, 1.82) is 0 Å². The molecule has 2 rings (SSSR count). The summed E-state index contributed by atoms with van der Waals surface area (Å²) >= 11 is 6.00. The van der Waals surface area contributed by atoms with Gasteiger partial charge in [0.15, 0.2) is 0 Å². The highest BCUT2D eigenvalue weighted by Gasteiger charge is 2.13. The number of carbonyl (C=O) groups excluding carboxylic acids is 1. The number of hydrogen-bond acceptors (Lipinski definition) is 2. The molecule has 0 bridgehead atoms. The lowest BCUT2D eigenvalue weighted by Gasteiger charge is -2.09. The fourth-order valence-corrected chi connectivity index (χ4v) is 2.07. The predicted molar refractivity (Wildman–Crippen MR) is 79.6 cm³/mol. The average Bonchev–Trinajstić information content (AvgIpc) is 2.39. The maximum atomic E-state index is 12.1. The first-order chi connectivity index (χ1) is 9.11. The van der Waals surface area contributed by atoms with Gasteiger partial charge in [0.2, 0.25) is 0 Å². The van der Waals surface area contributed by atoms with Crippen molar-refractivity contribution in [3.63, 3.8) is 0 Å². The zero-order valence-corrected chi connectivity index (χ0v) is 11.4. The molecule has 1 amide bonds. The number of benzene rings is 2. The Balaban J connectivity index is 2.21. The Morgan fingerprint density at radius 2 is 1.89 bits per heavy atom. The van der Waals surface area contributed by atoms with Crippen LogP contribution in [0.1, 0.15) is 22.8 Å². The van der Waals surface area contributed by atoms with Crippen molar-refractivity contribution in [2.24, 2.45) is 0 Å². The quantitative estimate of drug-likeness (QED) is 0.838. The van der Waals surface area contributed by atoms with Gasteiger partial charge in [-0.3, -0.25) is 4.79 Å². The van der Waals surface area contributed by atoms with Gasteiger partial charge in [-0.1, -0.05) is 36.7 Å². The van der Waals surface area contributed by atoms with Crippen molar-refractivity contribution < 1.29 is 4.79 Å². The summed E-state index contributed by atoms with van der Waals surface area (Å²) in [6.45, 7) is 2.08. The van der Waals surface area contributed by atoms with Crippen molar-refractivity contribution in [1.82, 2.24) is 0 Å². The Bertz CT molecular complexity index is 573. The fraction of sp³-hybridized carbons (Fsp3) is 0.133. The van der Waals surface area contributed by atoms with Crippen molar-refractivity contribution in [3.05, 3.63) is 58.6 Å². The molecule has 0 spiro atoms. The van der Waals surface area contributed by atoms with E-state index in [0.717, 1.165) is 12.1 Å². The van der Waals surface area contributed by atoms with Gasteiger partial charge in [0, 0.05) is 11.4 Å². The number of halogens is 1. The van der Waals surface area contributed by atoms with Crippen LogP contribution in [0, 0.1) is 0 Å². The third-order valence-electron chi connectivity index (χ3n) is 2.89. The van der Waals surface area contributed by atoms with Crippen LogP contribution in [0.3, 0.4) is 0 Å². The topological polar surface area (TPSA) is 55.1 Å². The number of amides is 1. The highest BCUT2D eigenvalue weighted by molar-refractivity contribution is 6.35. The molecular weight excluding hydrogens is 260 g/mol. The van der Waals surface area contributed by atoms with Crippen LogP contribution in [0.25, 0.3) is 0 Å². The lowest BCUT2D eigenvalue weighted by Crippen LogP contribution is -2.14. The van der Waals surface area contributed by atoms with Gasteiger partial charge < -0.3 is 11.1 Å². The summed E-state index contributed by atoms with van der Waals surface area (Å²) in [5, 5.41) is 3.14. The highest BCUT2D eigenvalue weighted by atomic mass is 35.5. The van der Waals surface area contributed by atoms with Crippen molar-refractivity contribution in [2.45, 2.75) is 13.3 Å². The molecule has 3 N–H and O–H groups in total. The number of nitrogens with two attached hydrogens (primary N) is 1. The molecule has 0 saturated heterocycles. The Hall–Kier alpha value is -2.00. The maximum Gasteiger partial charge on any atom is 0.259 e. The lowest BCUT2D eigenvalue weighted by atomic mass is 10.1. The lowest BCUT2D eigenvalue weighted by molar-refractivity contribution is 0.102. The van der Waals surface area contributed by atoms with Gasteiger partial charge >= 0.3 is 0 Å². The van der Waals surface area contributed by atoms with E-state index < -0.39 is 0 Å². The average molecular weight is 275 g/mol. The van der Waals surface area contributed by atoms with E-state index >= 15 is 0 Å². The first-order valence-electron chi connectivity index (χ1n) is 6.06. The SMILES string of the molecule is CCc1ccc(NC(=O)c2c(N)cccc2Cl)cc1. The molecule has 0 aliphatic heterocycles. The van der Waals surface area contributed by atoms with Crippen LogP contribution in [0.15, 0.2) is 42.5 Å². The number of aryl methyl sites for hydroxylation is 1. The monoisotopic (exact) mass is 274 g/mol. The minimum absolute atomic E-state index is 0.299. The standard InChI is InChI=1S/C15H15ClN2O/c1-2-10-6-8-11(9-7-10)18-15(19)14-12(16)4-3-5-13(14)17/h3-9H,2,17H2,1H3,(H,18,19). The second-order valence-electron chi connectivity index (χ2n) is 4.21. The summed E-state index contributed by atoms with van der Waals surface area (Å²) in [7, 11) is 0. The van der Waals surface area contributed by atoms with Crippen molar-refractivity contribution in [2.75, 3.05) is 11.1 Å². The van der Waals surface area contributed by atoms with Crippen molar-refractivity contribution >= 4 is 28.9 Å². The number of nitrogens with one attached hydrogen (secondary N) is 1. The van der Waals surface area contributed by atoms with Crippen LogP contribution in [0.4, 0.5) is 11.4 Å². The minimum atomic E-state index is -0.299. The number of anilines is 2. The van der Waals surface area contributed by atoms with E-state index in [9.17, 15) is 4.79 Å². The molecule has 0 fully saturated rings. The smallest absolute Gasteiger partial charge is 0.259 e. The largest absolute Gasteiger partial charge is 0.398 e. The summed E-state index contributed by atoms with van der Waals surface area (Å²) in [5.74, 6) is -0.299. The second kappa shape index (κ2) is 5.76. The van der Waals surface area contributed by atoms with Crippen LogP contribution < -0.4 is 11.1 Å². The first-order valence-corrected chi connectivity index (χ1v) is 6.44. The van der Waals surface area contributed by atoms with E-state index in [-0.39, 0.29) is 5.91 Å². The molecule has 4 heteroatoms. The van der Waals surface area contributed by atoms with Gasteiger partial charge in [-0.05, 0) is 36.2 Å². The molecule has 0 aromatic heterocycles. The third-order valence-corrected chi connectivity index (χ3v) is 3.21.